The Morgan fingerprint density at radius 2 is 1.96 bits per heavy atom. The Morgan fingerprint density at radius 1 is 1.25 bits per heavy atom. The van der Waals surface area contributed by atoms with Crippen molar-refractivity contribution in [3.63, 3.8) is 0 Å². The summed E-state index contributed by atoms with van der Waals surface area (Å²) < 4.78 is 2.16. The van der Waals surface area contributed by atoms with Gasteiger partial charge < -0.3 is 10.2 Å². The molecule has 1 amide bonds. The first-order chi connectivity index (χ1) is 11.5. The number of anilines is 1. The highest BCUT2D eigenvalue weighted by molar-refractivity contribution is 9.10. The lowest BCUT2D eigenvalue weighted by atomic mass is 10.3. The number of amides is 1. The van der Waals surface area contributed by atoms with Crippen LogP contribution in [0.1, 0.15) is 18.0 Å². The quantitative estimate of drug-likeness (QED) is 0.671. The number of benzene rings is 2. The molecule has 4 nitrogen and oxygen atoms in total. The highest BCUT2D eigenvalue weighted by Crippen LogP contribution is 2.28. The number of nitrogens with zero attached hydrogens (tertiary/aromatic N) is 2. The number of carbonyl (C=O) groups excluding carboxylic acids is 1. The molecule has 124 valence electrons. The second-order valence-corrected chi connectivity index (χ2v) is 7.54. The van der Waals surface area contributed by atoms with Crippen LogP contribution in [0.3, 0.4) is 0 Å². The van der Waals surface area contributed by atoms with E-state index in [1.54, 1.807) is 16.2 Å². The standard InChI is InChI=1S/C18H18BrN3OS/c1-12(18-21-15-5-3-4-6-16(15)24-18)22(2)17(23)11-20-14-9-7-13(19)8-10-14/h3-10,12,20H,11H2,1-2H3/t12-/m0/s1. The second kappa shape index (κ2) is 7.32. The fourth-order valence-electron chi connectivity index (χ4n) is 2.32. The van der Waals surface area contributed by atoms with Gasteiger partial charge in [0.2, 0.25) is 5.91 Å². The zero-order valence-corrected chi connectivity index (χ0v) is 15.9. The number of hydrogen-bond acceptors (Lipinski definition) is 4. The SMILES string of the molecule is C[C@@H](c1nc2ccccc2s1)N(C)C(=O)CNc1ccc(Br)cc1. The van der Waals surface area contributed by atoms with Gasteiger partial charge in [-0.15, -0.1) is 11.3 Å². The van der Waals surface area contributed by atoms with E-state index in [0.717, 1.165) is 25.4 Å². The molecule has 0 aliphatic heterocycles. The molecule has 0 bridgehead atoms. The first-order valence-corrected chi connectivity index (χ1v) is 9.26. The average Bonchev–Trinajstić information content (AvgIpc) is 3.03. The van der Waals surface area contributed by atoms with Crippen LogP contribution < -0.4 is 5.32 Å². The minimum Gasteiger partial charge on any atom is -0.376 e. The van der Waals surface area contributed by atoms with Crippen molar-refractivity contribution >= 4 is 49.1 Å². The zero-order valence-electron chi connectivity index (χ0n) is 13.5. The molecular weight excluding hydrogens is 386 g/mol. The van der Waals surface area contributed by atoms with E-state index in [4.69, 9.17) is 0 Å². The summed E-state index contributed by atoms with van der Waals surface area (Å²) in [7, 11) is 1.82. The number of fused-ring (bicyclic) bond motifs is 1. The minimum absolute atomic E-state index is 0.0321. The lowest BCUT2D eigenvalue weighted by molar-refractivity contribution is -0.129. The molecule has 6 heteroatoms. The van der Waals surface area contributed by atoms with Gasteiger partial charge >= 0.3 is 0 Å². The third-order valence-corrected chi connectivity index (χ3v) is 5.67. The van der Waals surface area contributed by atoms with Crippen molar-refractivity contribution in [1.82, 2.24) is 9.88 Å². The molecule has 0 spiro atoms. The largest absolute Gasteiger partial charge is 0.376 e. The average molecular weight is 404 g/mol. The third kappa shape index (κ3) is 3.76. The third-order valence-electron chi connectivity index (χ3n) is 3.93. The summed E-state index contributed by atoms with van der Waals surface area (Å²) in [5.74, 6) is 0.0321. The van der Waals surface area contributed by atoms with Crippen LogP contribution in [0.2, 0.25) is 0 Å². The molecule has 3 aromatic rings. The number of para-hydroxylation sites is 1. The molecule has 0 radical (unpaired) electrons. The van der Waals surface area contributed by atoms with E-state index in [1.165, 1.54) is 0 Å². The van der Waals surface area contributed by atoms with Crippen LogP contribution in [0.5, 0.6) is 0 Å². The molecule has 0 aliphatic carbocycles. The van der Waals surface area contributed by atoms with E-state index in [-0.39, 0.29) is 18.5 Å². The first kappa shape index (κ1) is 16.9. The van der Waals surface area contributed by atoms with Crippen LogP contribution in [0, 0.1) is 0 Å². The maximum absolute atomic E-state index is 12.4. The second-order valence-electron chi connectivity index (χ2n) is 5.56. The van der Waals surface area contributed by atoms with Gasteiger partial charge in [-0.05, 0) is 43.3 Å². The van der Waals surface area contributed by atoms with Crippen LogP contribution in [0.15, 0.2) is 53.0 Å². The molecule has 24 heavy (non-hydrogen) atoms. The van der Waals surface area contributed by atoms with E-state index in [2.05, 4.69) is 32.3 Å². The van der Waals surface area contributed by atoms with Crippen molar-refractivity contribution in [2.24, 2.45) is 0 Å². The fourth-order valence-corrected chi connectivity index (χ4v) is 3.65. The molecule has 1 heterocycles. The molecular formula is C18H18BrN3OS. The minimum atomic E-state index is -0.0541. The monoisotopic (exact) mass is 403 g/mol. The topological polar surface area (TPSA) is 45.2 Å². The lowest BCUT2D eigenvalue weighted by Crippen LogP contribution is -2.34. The van der Waals surface area contributed by atoms with Gasteiger partial charge in [0.05, 0.1) is 22.8 Å². The molecule has 0 unspecified atom stereocenters. The molecule has 0 saturated heterocycles. The predicted molar refractivity (Wildman–Crippen MR) is 103 cm³/mol. The van der Waals surface area contributed by atoms with Crippen molar-refractivity contribution in [3.8, 4) is 0 Å². The summed E-state index contributed by atoms with van der Waals surface area (Å²) in [5.41, 5.74) is 1.91. The number of aromatic nitrogens is 1. The number of carbonyl (C=O) groups is 1. The van der Waals surface area contributed by atoms with Gasteiger partial charge in [-0.2, -0.15) is 0 Å². The highest BCUT2D eigenvalue weighted by Gasteiger charge is 2.20. The molecule has 1 aromatic heterocycles. The van der Waals surface area contributed by atoms with Crippen molar-refractivity contribution in [2.75, 3.05) is 18.9 Å². The normalized spacial score (nSPS) is 12.1. The van der Waals surface area contributed by atoms with Gasteiger partial charge in [0.15, 0.2) is 0 Å². The number of hydrogen-bond donors (Lipinski definition) is 1. The Labute approximate surface area is 153 Å². The fraction of sp³-hybridized carbons (Fsp3) is 0.222. The summed E-state index contributed by atoms with van der Waals surface area (Å²) >= 11 is 5.04. The van der Waals surface area contributed by atoms with Crippen LogP contribution in [-0.2, 0) is 4.79 Å². The summed E-state index contributed by atoms with van der Waals surface area (Å²) in [6, 6.07) is 15.8. The molecule has 2 aromatic carbocycles. The zero-order chi connectivity index (χ0) is 17.1. The number of halogens is 1. The van der Waals surface area contributed by atoms with E-state index in [9.17, 15) is 4.79 Å². The summed E-state index contributed by atoms with van der Waals surface area (Å²) in [6.07, 6.45) is 0. The maximum Gasteiger partial charge on any atom is 0.242 e. The molecule has 1 atom stereocenters. The highest BCUT2D eigenvalue weighted by atomic mass is 79.9. The van der Waals surface area contributed by atoms with Crippen molar-refractivity contribution < 1.29 is 4.79 Å². The van der Waals surface area contributed by atoms with Gasteiger partial charge in [0.1, 0.15) is 5.01 Å². The van der Waals surface area contributed by atoms with E-state index in [1.807, 2.05) is 56.4 Å². The maximum atomic E-state index is 12.4. The van der Waals surface area contributed by atoms with Crippen molar-refractivity contribution in [2.45, 2.75) is 13.0 Å². The van der Waals surface area contributed by atoms with Crippen LogP contribution in [0.4, 0.5) is 5.69 Å². The Kier molecular flexibility index (Phi) is 5.16. The Bertz CT molecular complexity index is 814. The Balaban J connectivity index is 1.64. The Hall–Kier alpha value is -1.92. The summed E-state index contributed by atoms with van der Waals surface area (Å²) in [5, 5.41) is 4.11. The van der Waals surface area contributed by atoms with Crippen LogP contribution in [0.25, 0.3) is 10.2 Å². The number of likely N-dealkylation sites (N-methyl/N-ethyl adjacent to an activating group) is 1. The molecule has 0 aliphatic rings. The first-order valence-electron chi connectivity index (χ1n) is 7.65. The smallest absolute Gasteiger partial charge is 0.242 e. The predicted octanol–water partition coefficient (Wildman–Crippen LogP) is 4.69. The molecule has 3 rings (SSSR count). The van der Waals surface area contributed by atoms with Gasteiger partial charge in [0, 0.05) is 17.2 Å². The van der Waals surface area contributed by atoms with Crippen LogP contribution in [-0.4, -0.2) is 29.4 Å². The van der Waals surface area contributed by atoms with Crippen molar-refractivity contribution in [1.29, 1.82) is 0 Å². The lowest BCUT2D eigenvalue weighted by Gasteiger charge is -2.23. The van der Waals surface area contributed by atoms with E-state index < -0.39 is 0 Å². The van der Waals surface area contributed by atoms with E-state index in [0.29, 0.717) is 0 Å². The van der Waals surface area contributed by atoms with E-state index >= 15 is 0 Å². The van der Waals surface area contributed by atoms with Gasteiger partial charge in [-0.3, -0.25) is 4.79 Å². The molecule has 0 saturated carbocycles. The summed E-state index contributed by atoms with van der Waals surface area (Å²) in [6.45, 7) is 2.27. The molecule has 0 fully saturated rings. The number of nitrogens with one attached hydrogen (secondary N) is 1. The van der Waals surface area contributed by atoms with Gasteiger partial charge in [0.25, 0.3) is 0 Å². The molecule has 1 N–H and O–H groups in total. The number of thiazole rings is 1. The van der Waals surface area contributed by atoms with Crippen molar-refractivity contribution in [3.05, 3.63) is 58.0 Å². The van der Waals surface area contributed by atoms with Gasteiger partial charge in [-0.1, -0.05) is 28.1 Å². The number of rotatable bonds is 5. The summed E-state index contributed by atoms with van der Waals surface area (Å²) in [4.78, 5) is 18.8. The van der Waals surface area contributed by atoms with Crippen LogP contribution >= 0.6 is 27.3 Å². The Morgan fingerprint density at radius 3 is 2.67 bits per heavy atom. The van der Waals surface area contributed by atoms with Gasteiger partial charge in [-0.25, -0.2) is 4.98 Å².